The van der Waals surface area contributed by atoms with Crippen LogP contribution >= 0.6 is 0 Å². The predicted octanol–water partition coefficient (Wildman–Crippen LogP) is 4.23. The number of carbonyl (C=O) groups is 3. The van der Waals surface area contributed by atoms with Crippen molar-refractivity contribution in [1.82, 2.24) is 0 Å². The number of ketones is 1. The maximum absolute atomic E-state index is 12.5. The molecule has 0 unspecified atom stereocenters. The lowest BCUT2D eigenvalue weighted by atomic mass is 9.94. The van der Waals surface area contributed by atoms with Crippen LogP contribution in [0.15, 0.2) is 36.4 Å². The van der Waals surface area contributed by atoms with E-state index in [1.807, 2.05) is 32.9 Å². The predicted molar refractivity (Wildman–Crippen MR) is 105 cm³/mol. The summed E-state index contributed by atoms with van der Waals surface area (Å²) in [5.41, 5.74) is 4.85. The van der Waals surface area contributed by atoms with E-state index in [1.165, 1.54) is 0 Å². The average Bonchev–Trinajstić information content (AvgIpc) is 2.55. The van der Waals surface area contributed by atoms with E-state index in [0.717, 1.165) is 22.3 Å². The second kappa shape index (κ2) is 9.12. The molecule has 5 heteroatoms. The Hall–Kier alpha value is -2.95. The van der Waals surface area contributed by atoms with E-state index < -0.39 is 5.97 Å². The molecule has 5 nitrogen and oxygen atoms in total. The van der Waals surface area contributed by atoms with Gasteiger partial charge in [0.05, 0.1) is 6.42 Å². The van der Waals surface area contributed by atoms with Crippen LogP contribution in [-0.2, 0) is 16.0 Å². The highest BCUT2D eigenvalue weighted by Crippen LogP contribution is 2.20. The maximum Gasteiger partial charge on any atom is 0.307 e. The number of Topliss-reactive ketones (excluding diaryl/α,β-unsaturated/α-hetero) is 1. The first-order valence-electron chi connectivity index (χ1n) is 8.98. The fraction of sp³-hybridized carbons (Fsp3) is 0.318. The fourth-order valence-electron chi connectivity index (χ4n) is 3.33. The summed E-state index contributed by atoms with van der Waals surface area (Å²) in [4.78, 5) is 35.6. The molecule has 2 N–H and O–H groups in total. The van der Waals surface area contributed by atoms with Crippen molar-refractivity contribution in [1.29, 1.82) is 0 Å². The first-order chi connectivity index (χ1) is 12.8. The van der Waals surface area contributed by atoms with Crippen LogP contribution in [-0.4, -0.2) is 22.8 Å². The topological polar surface area (TPSA) is 83.5 Å². The van der Waals surface area contributed by atoms with Gasteiger partial charge < -0.3 is 10.4 Å². The Morgan fingerprint density at radius 2 is 1.59 bits per heavy atom. The van der Waals surface area contributed by atoms with Crippen LogP contribution in [0.25, 0.3) is 0 Å². The van der Waals surface area contributed by atoms with Gasteiger partial charge in [0.2, 0.25) is 5.91 Å². The summed E-state index contributed by atoms with van der Waals surface area (Å²) in [6.45, 7) is 5.86. The van der Waals surface area contributed by atoms with Crippen LogP contribution in [0.1, 0.15) is 51.9 Å². The molecule has 0 aromatic heterocycles. The van der Waals surface area contributed by atoms with E-state index in [2.05, 4.69) is 5.32 Å². The van der Waals surface area contributed by atoms with Gasteiger partial charge in [-0.1, -0.05) is 35.9 Å². The van der Waals surface area contributed by atoms with Crippen molar-refractivity contribution in [2.24, 2.45) is 0 Å². The molecule has 2 rings (SSSR count). The van der Waals surface area contributed by atoms with Gasteiger partial charge in [-0.3, -0.25) is 14.4 Å². The smallest absolute Gasteiger partial charge is 0.307 e. The first-order valence-corrected chi connectivity index (χ1v) is 8.98. The number of aryl methyl sites for hydroxylation is 3. The number of aliphatic carboxylic acids is 1. The van der Waals surface area contributed by atoms with E-state index in [1.54, 1.807) is 24.3 Å². The minimum absolute atomic E-state index is 0.0454. The summed E-state index contributed by atoms with van der Waals surface area (Å²) in [5, 5.41) is 11.7. The molecule has 0 bridgehead atoms. The molecule has 0 saturated carbocycles. The van der Waals surface area contributed by atoms with Crippen molar-refractivity contribution in [3.63, 3.8) is 0 Å². The van der Waals surface area contributed by atoms with E-state index in [9.17, 15) is 14.4 Å². The third-order valence-corrected chi connectivity index (χ3v) is 4.40. The molecule has 2 aromatic rings. The number of carbonyl (C=O) groups excluding carboxylic acids is 2. The van der Waals surface area contributed by atoms with Gasteiger partial charge in [0.1, 0.15) is 0 Å². The summed E-state index contributed by atoms with van der Waals surface area (Å²) in [5.74, 6) is -1.13. The molecule has 0 atom stereocenters. The Bertz CT molecular complexity index is 847. The lowest BCUT2D eigenvalue weighted by Gasteiger charge is -2.11. The SMILES string of the molecule is Cc1cc(C)c(C(=O)CCCC(=O)Nc2ccccc2CC(=O)O)c(C)c1. The zero-order valence-corrected chi connectivity index (χ0v) is 16.0. The Balaban J connectivity index is 1.92. The summed E-state index contributed by atoms with van der Waals surface area (Å²) >= 11 is 0. The standard InChI is InChI=1S/C22H25NO4/c1-14-11-15(2)22(16(3)12-14)19(24)9-6-10-20(25)23-18-8-5-4-7-17(18)13-21(26)27/h4-5,7-8,11-12H,6,9-10,13H2,1-3H3,(H,23,25)(H,26,27). The molecule has 142 valence electrons. The van der Waals surface area contributed by atoms with Gasteiger partial charge in [-0.15, -0.1) is 0 Å². The van der Waals surface area contributed by atoms with Crippen molar-refractivity contribution in [2.45, 2.75) is 46.5 Å². The normalized spacial score (nSPS) is 10.5. The average molecular weight is 367 g/mol. The fourth-order valence-corrected chi connectivity index (χ4v) is 3.33. The Labute approximate surface area is 159 Å². The molecule has 0 aliphatic carbocycles. The minimum Gasteiger partial charge on any atom is -0.481 e. The van der Waals surface area contributed by atoms with E-state index in [-0.39, 0.29) is 24.5 Å². The molecule has 0 aliphatic heterocycles. The highest BCUT2D eigenvalue weighted by atomic mass is 16.4. The molecular formula is C22H25NO4. The summed E-state index contributed by atoms with van der Waals surface area (Å²) in [6.07, 6.45) is 0.797. The molecule has 1 amide bonds. The number of hydrogen-bond donors (Lipinski definition) is 2. The number of anilines is 1. The van der Waals surface area contributed by atoms with Gasteiger partial charge >= 0.3 is 5.97 Å². The molecule has 27 heavy (non-hydrogen) atoms. The second-order valence-corrected chi connectivity index (χ2v) is 6.83. The van der Waals surface area contributed by atoms with Crippen molar-refractivity contribution >= 4 is 23.3 Å². The monoisotopic (exact) mass is 367 g/mol. The third kappa shape index (κ3) is 5.78. The van der Waals surface area contributed by atoms with E-state index >= 15 is 0 Å². The van der Waals surface area contributed by atoms with Gasteiger partial charge in [0.15, 0.2) is 5.78 Å². The van der Waals surface area contributed by atoms with Crippen molar-refractivity contribution in [3.05, 3.63) is 64.2 Å². The second-order valence-electron chi connectivity index (χ2n) is 6.83. The van der Waals surface area contributed by atoms with Gasteiger partial charge in [-0.2, -0.15) is 0 Å². The summed E-state index contributed by atoms with van der Waals surface area (Å²) in [7, 11) is 0. The van der Waals surface area contributed by atoms with Crippen LogP contribution in [0.4, 0.5) is 5.69 Å². The highest BCUT2D eigenvalue weighted by Gasteiger charge is 2.14. The zero-order chi connectivity index (χ0) is 20.0. The molecule has 0 radical (unpaired) electrons. The van der Waals surface area contributed by atoms with Crippen molar-refractivity contribution < 1.29 is 19.5 Å². The quantitative estimate of drug-likeness (QED) is 0.684. The van der Waals surface area contributed by atoms with Crippen LogP contribution in [0.5, 0.6) is 0 Å². The van der Waals surface area contributed by atoms with Crippen LogP contribution in [0.3, 0.4) is 0 Å². The van der Waals surface area contributed by atoms with Gasteiger partial charge in [0.25, 0.3) is 0 Å². The highest BCUT2D eigenvalue weighted by molar-refractivity contribution is 5.99. The molecular weight excluding hydrogens is 342 g/mol. The molecule has 0 spiro atoms. The molecule has 0 saturated heterocycles. The molecule has 0 heterocycles. The van der Waals surface area contributed by atoms with Crippen LogP contribution in [0, 0.1) is 20.8 Å². The number of amides is 1. The summed E-state index contributed by atoms with van der Waals surface area (Å²) < 4.78 is 0. The number of rotatable bonds is 8. The Morgan fingerprint density at radius 3 is 2.22 bits per heavy atom. The first kappa shape index (κ1) is 20.4. The van der Waals surface area contributed by atoms with Crippen molar-refractivity contribution in [3.8, 4) is 0 Å². The number of carboxylic acids is 1. The number of nitrogens with one attached hydrogen (secondary N) is 1. The van der Waals surface area contributed by atoms with Crippen LogP contribution < -0.4 is 5.32 Å². The van der Waals surface area contributed by atoms with Gasteiger partial charge in [-0.25, -0.2) is 0 Å². The molecule has 0 fully saturated rings. The van der Waals surface area contributed by atoms with Crippen LogP contribution in [0.2, 0.25) is 0 Å². The van der Waals surface area contributed by atoms with Gasteiger partial charge in [0, 0.05) is 24.1 Å². The summed E-state index contributed by atoms with van der Waals surface area (Å²) in [6, 6.07) is 10.8. The largest absolute Gasteiger partial charge is 0.481 e. The van der Waals surface area contributed by atoms with E-state index in [4.69, 9.17) is 5.11 Å². The van der Waals surface area contributed by atoms with Crippen molar-refractivity contribution in [2.75, 3.05) is 5.32 Å². The number of carboxylic acid groups (broad SMARTS) is 1. The lowest BCUT2D eigenvalue weighted by molar-refractivity contribution is -0.136. The number of benzene rings is 2. The lowest BCUT2D eigenvalue weighted by Crippen LogP contribution is -2.14. The zero-order valence-electron chi connectivity index (χ0n) is 16.0. The minimum atomic E-state index is -0.953. The van der Waals surface area contributed by atoms with E-state index in [0.29, 0.717) is 24.1 Å². The van der Waals surface area contributed by atoms with Gasteiger partial charge in [-0.05, 0) is 49.9 Å². The third-order valence-electron chi connectivity index (χ3n) is 4.40. The number of hydrogen-bond acceptors (Lipinski definition) is 3. The Kier molecular flexibility index (Phi) is 6.88. The molecule has 2 aromatic carbocycles. The Morgan fingerprint density at radius 1 is 0.963 bits per heavy atom. The number of para-hydroxylation sites is 1. The molecule has 0 aliphatic rings. The maximum atomic E-state index is 12.5.